The van der Waals surface area contributed by atoms with Gasteiger partial charge in [-0.2, -0.15) is 0 Å². The summed E-state index contributed by atoms with van der Waals surface area (Å²) in [6.45, 7) is 3.50. The van der Waals surface area contributed by atoms with Crippen LogP contribution in [0.25, 0.3) is 10.9 Å². The zero-order valence-corrected chi connectivity index (χ0v) is 24.1. The summed E-state index contributed by atoms with van der Waals surface area (Å²) in [5, 5.41) is 1.17. The highest BCUT2D eigenvalue weighted by molar-refractivity contribution is 5.85. The van der Waals surface area contributed by atoms with Crippen LogP contribution in [-0.2, 0) is 29.1 Å². The molecular weight excluding hydrogens is 500 g/mol. The van der Waals surface area contributed by atoms with Gasteiger partial charge in [-0.25, -0.2) is 0 Å². The Morgan fingerprint density at radius 2 is 1.65 bits per heavy atom. The number of carbonyl (C=O) groups is 2. The van der Waals surface area contributed by atoms with Crippen LogP contribution in [0.15, 0.2) is 77.5 Å². The standard InChI is InChI=1S/C33H42N4O3/c1-4-5-6-7-14-32(38)37(24-29-11-10-21-40-29)25-33(39)36(23-26-15-17-28(18-16-26)35(2)3)20-19-27-22-34-31-13-9-8-12-30(27)31/h8-13,15-18,21-22,34H,4-7,14,19-20,23-25H2,1-3H3. The molecule has 2 heterocycles. The van der Waals surface area contributed by atoms with E-state index in [0.29, 0.717) is 38.2 Å². The van der Waals surface area contributed by atoms with Gasteiger partial charge in [0.2, 0.25) is 11.8 Å². The van der Waals surface area contributed by atoms with Gasteiger partial charge in [-0.15, -0.1) is 0 Å². The highest BCUT2D eigenvalue weighted by Gasteiger charge is 2.23. The summed E-state index contributed by atoms with van der Waals surface area (Å²) in [5.74, 6) is 0.608. The molecule has 0 aliphatic carbocycles. The SMILES string of the molecule is CCCCCCC(=O)N(CC(=O)N(CCc1c[nH]c2ccccc12)Cc1ccc(N(C)C)cc1)Cc1ccco1. The second-order valence-electron chi connectivity index (χ2n) is 10.6. The topological polar surface area (TPSA) is 72.8 Å². The number of anilines is 1. The van der Waals surface area contributed by atoms with E-state index in [1.165, 1.54) is 10.9 Å². The first-order chi connectivity index (χ1) is 19.4. The van der Waals surface area contributed by atoms with Gasteiger partial charge in [0.05, 0.1) is 12.8 Å². The van der Waals surface area contributed by atoms with Gasteiger partial charge in [-0.1, -0.05) is 56.5 Å². The van der Waals surface area contributed by atoms with Crippen molar-refractivity contribution in [3.8, 4) is 0 Å². The number of unbranched alkanes of at least 4 members (excludes halogenated alkanes) is 3. The van der Waals surface area contributed by atoms with Crippen molar-refractivity contribution in [2.75, 3.05) is 32.1 Å². The predicted octanol–water partition coefficient (Wildman–Crippen LogP) is 6.40. The van der Waals surface area contributed by atoms with Crippen molar-refractivity contribution in [2.45, 2.75) is 58.5 Å². The molecule has 4 aromatic rings. The lowest BCUT2D eigenvalue weighted by molar-refractivity contribution is -0.141. The Labute approximate surface area is 237 Å². The number of nitrogens with zero attached hydrogens (tertiary/aromatic N) is 3. The zero-order chi connectivity index (χ0) is 28.3. The second-order valence-corrected chi connectivity index (χ2v) is 10.6. The highest BCUT2D eigenvalue weighted by atomic mass is 16.3. The Morgan fingerprint density at radius 3 is 2.38 bits per heavy atom. The molecule has 7 heteroatoms. The van der Waals surface area contributed by atoms with Gasteiger partial charge in [-0.3, -0.25) is 9.59 Å². The van der Waals surface area contributed by atoms with Gasteiger partial charge >= 0.3 is 0 Å². The van der Waals surface area contributed by atoms with E-state index >= 15 is 0 Å². The van der Waals surface area contributed by atoms with Gasteiger partial charge < -0.3 is 24.1 Å². The van der Waals surface area contributed by atoms with Gasteiger partial charge in [-0.05, 0) is 54.3 Å². The quantitative estimate of drug-likeness (QED) is 0.177. The predicted molar refractivity (Wildman–Crippen MR) is 161 cm³/mol. The van der Waals surface area contributed by atoms with E-state index in [0.717, 1.165) is 42.5 Å². The van der Waals surface area contributed by atoms with Gasteiger partial charge in [0, 0.05) is 56.4 Å². The zero-order valence-electron chi connectivity index (χ0n) is 24.1. The van der Waals surface area contributed by atoms with E-state index in [1.807, 2.05) is 49.5 Å². The number of aromatic amines is 1. The fourth-order valence-corrected chi connectivity index (χ4v) is 4.95. The van der Waals surface area contributed by atoms with Crippen molar-refractivity contribution < 1.29 is 14.0 Å². The fourth-order valence-electron chi connectivity index (χ4n) is 4.95. The molecule has 40 heavy (non-hydrogen) atoms. The maximum Gasteiger partial charge on any atom is 0.242 e. The molecule has 0 spiro atoms. The number of aromatic nitrogens is 1. The van der Waals surface area contributed by atoms with Crippen LogP contribution in [0.3, 0.4) is 0 Å². The third-order valence-corrected chi connectivity index (χ3v) is 7.35. The van der Waals surface area contributed by atoms with Gasteiger partial charge in [0.1, 0.15) is 12.3 Å². The summed E-state index contributed by atoms with van der Waals surface area (Å²) >= 11 is 0. The lowest BCUT2D eigenvalue weighted by atomic mass is 10.1. The van der Waals surface area contributed by atoms with Crippen LogP contribution in [0.5, 0.6) is 0 Å². The molecule has 0 atom stereocenters. The minimum atomic E-state index is -0.0648. The van der Waals surface area contributed by atoms with Crippen LogP contribution in [0, 0.1) is 0 Å². The van der Waals surface area contributed by atoms with Crippen LogP contribution in [0.4, 0.5) is 5.69 Å². The Balaban J connectivity index is 1.51. The van der Waals surface area contributed by atoms with E-state index in [1.54, 1.807) is 11.2 Å². The minimum absolute atomic E-state index is 0.00670. The Morgan fingerprint density at radius 1 is 0.850 bits per heavy atom. The third-order valence-electron chi connectivity index (χ3n) is 7.35. The van der Waals surface area contributed by atoms with Crippen LogP contribution >= 0.6 is 0 Å². The van der Waals surface area contributed by atoms with Gasteiger partial charge in [0.15, 0.2) is 0 Å². The first kappa shape index (κ1) is 29.0. The van der Waals surface area contributed by atoms with Crippen LogP contribution in [0.2, 0.25) is 0 Å². The molecule has 0 fully saturated rings. The number of nitrogens with one attached hydrogen (secondary N) is 1. The van der Waals surface area contributed by atoms with Crippen molar-refractivity contribution in [3.05, 3.63) is 90.0 Å². The number of carbonyl (C=O) groups excluding carboxylic acids is 2. The summed E-state index contributed by atoms with van der Waals surface area (Å²) < 4.78 is 5.54. The molecule has 2 amide bonds. The normalized spacial score (nSPS) is 11.1. The van der Waals surface area contributed by atoms with E-state index in [-0.39, 0.29) is 18.4 Å². The molecular formula is C33H42N4O3. The first-order valence-corrected chi connectivity index (χ1v) is 14.3. The average Bonchev–Trinajstić information content (AvgIpc) is 3.63. The van der Waals surface area contributed by atoms with Crippen molar-refractivity contribution in [3.63, 3.8) is 0 Å². The molecule has 0 saturated heterocycles. The molecule has 0 radical (unpaired) electrons. The molecule has 1 N–H and O–H groups in total. The van der Waals surface area contributed by atoms with Crippen LogP contribution < -0.4 is 4.90 Å². The summed E-state index contributed by atoms with van der Waals surface area (Å²) in [4.78, 5) is 36.0. The maximum absolute atomic E-state index is 13.9. The van der Waals surface area contributed by atoms with Crippen LogP contribution in [-0.4, -0.2) is 53.8 Å². The molecule has 0 unspecified atom stereocenters. The number of hydrogen-bond donors (Lipinski definition) is 1. The van der Waals surface area contributed by atoms with E-state index in [9.17, 15) is 9.59 Å². The molecule has 212 valence electrons. The Bertz CT molecular complexity index is 1340. The number of amides is 2. The van der Waals surface area contributed by atoms with E-state index < -0.39 is 0 Å². The number of rotatable bonds is 15. The maximum atomic E-state index is 13.9. The van der Waals surface area contributed by atoms with Crippen molar-refractivity contribution in [2.24, 2.45) is 0 Å². The molecule has 7 nitrogen and oxygen atoms in total. The average molecular weight is 543 g/mol. The van der Waals surface area contributed by atoms with E-state index in [4.69, 9.17) is 4.42 Å². The van der Waals surface area contributed by atoms with Crippen LogP contribution in [0.1, 0.15) is 55.9 Å². The lowest BCUT2D eigenvalue weighted by Gasteiger charge is -2.28. The molecule has 0 aliphatic rings. The lowest BCUT2D eigenvalue weighted by Crippen LogP contribution is -2.43. The third kappa shape index (κ3) is 8.01. The number of furan rings is 1. The number of hydrogen-bond acceptors (Lipinski definition) is 4. The summed E-state index contributed by atoms with van der Waals surface area (Å²) in [7, 11) is 4.03. The molecule has 0 aliphatic heterocycles. The Hall–Kier alpha value is -4.00. The van der Waals surface area contributed by atoms with Crippen molar-refractivity contribution >= 4 is 28.4 Å². The summed E-state index contributed by atoms with van der Waals surface area (Å²) in [6.07, 6.45) is 8.86. The fraction of sp³-hybridized carbons (Fsp3) is 0.394. The Kier molecular flexibility index (Phi) is 10.4. The number of benzene rings is 2. The van der Waals surface area contributed by atoms with Gasteiger partial charge in [0.25, 0.3) is 0 Å². The molecule has 0 bridgehead atoms. The molecule has 2 aromatic heterocycles. The monoisotopic (exact) mass is 542 g/mol. The van der Waals surface area contributed by atoms with E-state index in [2.05, 4.69) is 53.2 Å². The first-order valence-electron chi connectivity index (χ1n) is 14.3. The second kappa shape index (κ2) is 14.4. The summed E-state index contributed by atoms with van der Waals surface area (Å²) in [6, 6.07) is 20.2. The largest absolute Gasteiger partial charge is 0.467 e. The highest BCUT2D eigenvalue weighted by Crippen LogP contribution is 2.20. The number of H-pyrrole nitrogens is 1. The smallest absolute Gasteiger partial charge is 0.242 e. The van der Waals surface area contributed by atoms with Crippen molar-refractivity contribution in [1.29, 1.82) is 0 Å². The number of fused-ring (bicyclic) bond motifs is 1. The molecule has 0 saturated carbocycles. The molecule has 4 rings (SSSR count). The van der Waals surface area contributed by atoms with Crippen molar-refractivity contribution in [1.82, 2.24) is 14.8 Å². The summed E-state index contributed by atoms with van der Waals surface area (Å²) in [5.41, 5.74) is 4.43. The molecule has 2 aromatic carbocycles. The number of para-hydroxylation sites is 1. The minimum Gasteiger partial charge on any atom is -0.467 e.